The van der Waals surface area contributed by atoms with Crippen molar-refractivity contribution in [2.75, 3.05) is 0 Å². The summed E-state index contributed by atoms with van der Waals surface area (Å²) in [5, 5.41) is 6.50. The fraction of sp³-hybridized carbons (Fsp3) is 0.167. The van der Waals surface area contributed by atoms with Gasteiger partial charge in [-0.25, -0.2) is 0 Å². The second kappa shape index (κ2) is 5.14. The van der Waals surface area contributed by atoms with Crippen LogP contribution in [0.4, 0.5) is 0 Å². The van der Waals surface area contributed by atoms with Crippen molar-refractivity contribution in [2.45, 2.75) is 13.5 Å². The minimum Gasteiger partial charge on any atom is -0.364 e. The number of aromatic nitrogens is 1. The summed E-state index contributed by atoms with van der Waals surface area (Å²) in [6.45, 7) is 2.30. The largest absolute Gasteiger partial charge is 0.364 e. The molecule has 0 aliphatic rings. The lowest BCUT2D eigenvalue weighted by atomic mass is 10.1. The lowest BCUT2D eigenvalue weighted by Crippen LogP contribution is -2.23. The van der Waals surface area contributed by atoms with Crippen molar-refractivity contribution in [1.82, 2.24) is 10.5 Å². The van der Waals surface area contributed by atoms with Gasteiger partial charge in [0, 0.05) is 10.5 Å². The average Bonchev–Trinajstić information content (AvgIpc) is 2.82. The number of nitrogens with one attached hydrogen (secondary N) is 1. The molecule has 1 aromatic heterocycles. The third-order valence-corrected chi connectivity index (χ3v) is 2.98. The molecular formula is C12H11BrN2O2. The summed E-state index contributed by atoms with van der Waals surface area (Å²) in [5.41, 5.74) is 2.36. The monoisotopic (exact) mass is 294 g/mol. The van der Waals surface area contributed by atoms with Crippen LogP contribution in [-0.4, -0.2) is 11.1 Å². The van der Waals surface area contributed by atoms with E-state index in [-0.39, 0.29) is 5.91 Å². The molecule has 88 valence electrons. The number of nitrogens with zero attached hydrogens (tertiary/aromatic N) is 1. The summed E-state index contributed by atoms with van der Waals surface area (Å²) in [4.78, 5) is 11.9. The maximum atomic E-state index is 11.9. The van der Waals surface area contributed by atoms with Gasteiger partial charge < -0.3 is 9.84 Å². The van der Waals surface area contributed by atoms with Crippen molar-refractivity contribution in [3.8, 4) is 0 Å². The molecule has 0 spiro atoms. The molecule has 4 nitrogen and oxygen atoms in total. The molecule has 0 saturated carbocycles. The summed E-state index contributed by atoms with van der Waals surface area (Å²) >= 11 is 3.35. The van der Waals surface area contributed by atoms with Crippen LogP contribution in [0.2, 0.25) is 0 Å². The standard InChI is InChI=1S/C12H11BrN2O2/c1-8-2-3-11(13)10(6-8)12(16)14-7-9-4-5-17-15-9/h2-6H,7H2,1H3,(H,14,16). The molecule has 0 aliphatic carbocycles. The number of carbonyl (C=O) groups excluding carboxylic acids is 1. The lowest BCUT2D eigenvalue weighted by Gasteiger charge is -2.06. The van der Waals surface area contributed by atoms with E-state index in [0.29, 0.717) is 17.8 Å². The van der Waals surface area contributed by atoms with Gasteiger partial charge in [0.05, 0.1) is 12.1 Å². The van der Waals surface area contributed by atoms with Crippen LogP contribution in [0, 0.1) is 6.92 Å². The Hall–Kier alpha value is -1.62. The smallest absolute Gasteiger partial charge is 0.252 e. The van der Waals surface area contributed by atoms with E-state index in [4.69, 9.17) is 0 Å². The summed E-state index contributed by atoms with van der Waals surface area (Å²) in [6.07, 6.45) is 1.48. The first-order valence-corrected chi connectivity index (χ1v) is 5.90. The van der Waals surface area contributed by atoms with E-state index in [9.17, 15) is 4.79 Å². The van der Waals surface area contributed by atoms with E-state index in [2.05, 4.69) is 30.9 Å². The van der Waals surface area contributed by atoms with Crippen LogP contribution in [-0.2, 0) is 6.54 Å². The van der Waals surface area contributed by atoms with E-state index in [1.165, 1.54) is 6.26 Å². The van der Waals surface area contributed by atoms with E-state index in [0.717, 1.165) is 10.0 Å². The first-order valence-electron chi connectivity index (χ1n) is 5.10. The molecule has 2 rings (SSSR count). The van der Waals surface area contributed by atoms with Crippen molar-refractivity contribution >= 4 is 21.8 Å². The highest BCUT2D eigenvalue weighted by molar-refractivity contribution is 9.10. The molecule has 0 radical (unpaired) electrons. The van der Waals surface area contributed by atoms with Crippen LogP contribution in [0.5, 0.6) is 0 Å². The number of carbonyl (C=O) groups is 1. The Morgan fingerprint density at radius 2 is 2.29 bits per heavy atom. The van der Waals surface area contributed by atoms with Gasteiger partial charge in [-0.3, -0.25) is 4.79 Å². The predicted molar refractivity (Wildman–Crippen MR) is 66.6 cm³/mol. The van der Waals surface area contributed by atoms with Crippen LogP contribution in [0.25, 0.3) is 0 Å². The maximum absolute atomic E-state index is 11.9. The minimum atomic E-state index is -0.136. The Balaban J connectivity index is 2.07. The highest BCUT2D eigenvalue weighted by Crippen LogP contribution is 2.18. The van der Waals surface area contributed by atoms with Gasteiger partial charge in [0.25, 0.3) is 5.91 Å². The van der Waals surface area contributed by atoms with Gasteiger partial charge in [-0.1, -0.05) is 16.8 Å². The Labute approximate surface area is 107 Å². The molecule has 0 saturated heterocycles. The van der Waals surface area contributed by atoms with Crippen molar-refractivity contribution in [3.05, 3.63) is 51.8 Å². The minimum absolute atomic E-state index is 0.136. The highest BCUT2D eigenvalue weighted by Gasteiger charge is 2.10. The molecule has 17 heavy (non-hydrogen) atoms. The SMILES string of the molecule is Cc1ccc(Br)c(C(=O)NCc2ccon2)c1. The molecule has 1 N–H and O–H groups in total. The van der Waals surface area contributed by atoms with Crippen LogP contribution < -0.4 is 5.32 Å². The normalized spacial score (nSPS) is 10.2. The molecule has 0 fully saturated rings. The number of benzene rings is 1. The number of aryl methyl sites for hydroxylation is 1. The Morgan fingerprint density at radius 3 is 3.00 bits per heavy atom. The van der Waals surface area contributed by atoms with E-state index in [1.807, 2.05) is 25.1 Å². The summed E-state index contributed by atoms with van der Waals surface area (Å²) in [6, 6.07) is 7.35. The van der Waals surface area contributed by atoms with Gasteiger partial charge in [0.15, 0.2) is 0 Å². The van der Waals surface area contributed by atoms with Crippen LogP contribution in [0.15, 0.2) is 39.5 Å². The third-order valence-electron chi connectivity index (χ3n) is 2.29. The third kappa shape index (κ3) is 2.94. The molecular weight excluding hydrogens is 284 g/mol. The lowest BCUT2D eigenvalue weighted by molar-refractivity contribution is 0.0949. The van der Waals surface area contributed by atoms with E-state index < -0.39 is 0 Å². The molecule has 0 bridgehead atoms. The Morgan fingerprint density at radius 1 is 1.47 bits per heavy atom. The topological polar surface area (TPSA) is 55.1 Å². The Bertz CT molecular complexity index is 523. The van der Waals surface area contributed by atoms with Gasteiger partial charge in [0.1, 0.15) is 12.0 Å². The quantitative estimate of drug-likeness (QED) is 0.947. The van der Waals surface area contributed by atoms with Gasteiger partial charge in [0.2, 0.25) is 0 Å². The fourth-order valence-corrected chi connectivity index (χ4v) is 1.83. The van der Waals surface area contributed by atoms with Crippen molar-refractivity contribution in [1.29, 1.82) is 0 Å². The summed E-state index contributed by atoms with van der Waals surface area (Å²) in [5.74, 6) is -0.136. The summed E-state index contributed by atoms with van der Waals surface area (Å²) in [7, 11) is 0. The van der Waals surface area contributed by atoms with Gasteiger partial charge >= 0.3 is 0 Å². The van der Waals surface area contributed by atoms with Gasteiger partial charge in [-0.2, -0.15) is 0 Å². The van der Waals surface area contributed by atoms with Crippen LogP contribution in [0.1, 0.15) is 21.6 Å². The fourth-order valence-electron chi connectivity index (χ4n) is 1.41. The molecule has 1 heterocycles. The van der Waals surface area contributed by atoms with Gasteiger partial charge in [-0.15, -0.1) is 0 Å². The molecule has 0 unspecified atom stereocenters. The zero-order chi connectivity index (χ0) is 12.3. The van der Waals surface area contributed by atoms with Gasteiger partial charge in [-0.05, 0) is 35.0 Å². The second-order valence-electron chi connectivity index (χ2n) is 3.66. The number of rotatable bonds is 3. The highest BCUT2D eigenvalue weighted by atomic mass is 79.9. The first kappa shape index (κ1) is 11.9. The Kier molecular flexibility index (Phi) is 3.58. The number of amides is 1. The summed E-state index contributed by atoms with van der Waals surface area (Å²) < 4.78 is 5.46. The number of halogens is 1. The maximum Gasteiger partial charge on any atom is 0.252 e. The first-order chi connectivity index (χ1) is 8.16. The van der Waals surface area contributed by atoms with E-state index >= 15 is 0 Å². The molecule has 0 aliphatic heterocycles. The number of hydrogen-bond donors (Lipinski definition) is 1. The molecule has 0 atom stereocenters. The molecule has 5 heteroatoms. The van der Waals surface area contributed by atoms with Crippen LogP contribution >= 0.6 is 15.9 Å². The molecule has 1 aromatic carbocycles. The average molecular weight is 295 g/mol. The molecule has 2 aromatic rings. The van der Waals surface area contributed by atoms with Crippen molar-refractivity contribution in [3.63, 3.8) is 0 Å². The van der Waals surface area contributed by atoms with Crippen LogP contribution in [0.3, 0.4) is 0 Å². The van der Waals surface area contributed by atoms with Crippen molar-refractivity contribution in [2.24, 2.45) is 0 Å². The second-order valence-corrected chi connectivity index (χ2v) is 4.51. The zero-order valence-electron chi connectivity index (χ0n) is 9.24. The molecule has 1 amide bonds. The van der Waals surface area contributed by atoms with Crippen molar-refractivity contribution < 1.29 is 9.32 Å². The number of hydrogen-bond acceptors (Lipinski definition) is 3. The zero-order valence-corrected chi connectivity index (χ0v) is 10.8. The predicted octanol–water partition coefficient (Wildman–Crippen LogP) is 2.68. The van der Waals surface area contributed by atoms with E-state index in [1.54, 1.807) is 6.07 Å².